The van der Waals surface area contributed by atoms with Gasteiger partial charge in [0.25, 0.3) is 0 Å². The fraction of sp³-hybridized carbons (Fsp3) is 0.550. The Morgan fingerprint density at radius 2 is 1.69 bits per heavy atom. The molecule has 0 amide bonds. The zero-order valence-electron chi connectivity index (χ0n) is 30.9. The van der Waals surface area contributed by atoms with Crippen molar-refractivity contribution >= 4 is 15.7 Å². The van der Waals surface area contributed by atoms with Gasteiger partial charge in [0.2, 0.25) is 10.0 Å². The standard InChI is InChI=1S/C40H54N2O9S/c1-28-6-12-34(13-7-28)52(44,45)42-22-38(50-25-31-10-15-37-36(21-31)41(17-19-48-37)16-5-18-46-3)40(39(23-42)51-27-32(43)26-47-4)35-14-11-33(20-29(35)2)49-24-30-8-9-30/h6-7,10-15,20-21,30,32,38-40,43H,5,8-9,16-19,22-27H2,1-4H3/t32?,38-,39+,40+/m0/s1. The van der Waals surface area contributed by atoms with Crippen molar-refractivity contribution < 1.29 is 41.9 Å². The van der Waals surface area contributed by atoms with Crippen LogP contribution in [0.15, 0.2) is 65.6 Å². The van der Waals surface area contributed by atoms with E-state index in [1.54, 1.807) is 31.4 Å². The minimum atomic E-state index is -3.91. The molecule has 3 aromatic rings. The lowest BCUT2D eigenvalue weighted by Gasteiger charge is -2.43. The molecule has 1 aliphatic carbocycles. The Kier molecular flexibility index (Phi) is 13.1. The van der Waals surface area contributed by atoms with E-state index in [0.717, 1.165) is 59.0 Å². The summed E-state index contributed by atoms with van der Waals surface area (Å²) in [7, 11) is -0.671. The maximum atomic E-state index is 14.2. The largest absolute Gasteiger partial charge is 0.493 e. The van der Waals surface area contributed by atoms with Crippen molar-refractivity contribution in [2.45, 2.75) is 68.8 Å². The molecule has 1 unspecified atom stereocenters. The van der Waals surface area contributed by atoms with Gasteiger partial charge >= 0.3 is 0 Å². The van der Waals surface area contributed by atoms with Gasteiger partial charge in [0.05, 0.1) is 55.8 Å². The fourth-order valence-electron chi connectivity index (χ4n) is 7.04. The maximum Gasteiger partial charge on any atom is 0.243 e. The summed E-state index contributed by atoms with van der Waals surface area (Å²) in [6.07, 6.45) is 1.22. The molecule has 12 heteroatoms. The molecule has 284 valence electrons. The van der Waals surface area contributed by atoms with Crippen molar-refractivity contribution in [1.29, 1.82) is 0 Å². The number of hydrogen-bond donors (Lipinski definition) is 1. The monoisotopic (exact) mass is 738 g/mol. The smallest absolute Gasteiger partial charge is 0.243 e. The van der Waals surface area contributed by atoms with Crippen molar-refractivity contribution in [3.8, 4) is 11.5 Å². The molecule has 2 aliphatic heterocycles. The van der Waals surface area contributed by atoms with Crippen molar-refractivity contribution in [2.24, 2.45) is 5.92 Å². The topological polar surface area (TPSA) is 116 Å². The summed E-state index contributed by atoms with van der Waals surface area (Å²) >= 11 is 0. The fourth-order valence-corrected chi connectivity index (χ4v) is 8.51. The molecular formula is C40H54N2O9S. The molecule has 2 heterocycles. The van der Waals surface area contributed by atoms with Gasteiger partial charge in [-0.25, -0.2) is 8.42 Å². The predicted octanol–water partition coefficient (Wildman–Crippen LogP) is 5.09. The van der Waals surface area contributed by atoms with Crippen LogP contribution in [0.2, 0.25) is 0 Å². The molecule has 3 aromatic carbocycles. The normalized spacial score (nSPS) is 21.4. The highest BCUT2D eigenvalue weighted by Crippen LogP contribution is 2.39. The van der Waals surface area contributed by atoms with Crippen LogP contribution < -0.4 is 14.4 Å². The summed E-state index contributed by atoms with van der Waals surface area (Å²) in [4.78, 5) is 2.52. The number of aryl methyl sites for hydroxylation is 2. The van der Waals surface area contributed by atoms with Crippen LogP contribution >= 0.6 is 0 Å². The van der Waals surface area contributed by atoms with E-state index in [4.69, 9.17) is 28.4 Å². The van der Waals surface area contributed by atoms with Crippen LogP contribution in [0.5, 0.6) is 11.5 Å². The zero-order valence-corrected chi connectivity index (χ0v) is 31.7. The van der Waals surface area contributed by atoms with E-state index in [-0.39, 0.29) is 43.7 Å². The highest BCUT2D eigenvalue weighted by Gasteiger charge is 2.44. The van der Waals surface area contributed by atoms with Crippen LogP contribution in [0.25, 0.3) is 0 Å². The summed E-state index contributed by atoms with van der Waals surface area (Å²) in [5, 5.41) is 10.6. The van der Waals surface area contributed by atoms with Crippen molar-refractivity contribution in [2.75, 3.05) is 78.3 Å². The highest BCUT2D eigenvalue weighted by molar-refractivity contribution is 7.89. The third kappa shape index (κ3) is 9.65. The van der Waals surface area contributed by atoms with Crippen LogP contribution in [0.3, 0.4) is 0 Å². The molecule has 1 saturated heterocycles. The first kappa shape index (κ1) is 38.5. The number of anilines is 1. The second kappa shape index (κ2) is 17.7. The van der Waals surface area contributed by atoms with Gasteiger partial charge in [-0.1, -0.05) is 29.8 Å². The molecule has 6 rings (SSSR count). The Balaban J connectivity index is 1.32. The van der Waals surface area contributed by atoms with Gasteiger partial charge in [-0.15, -0.1) is 0 Å². The average molecular weight is 739 g/mol. The molecule has 52 heavy (non-hydrogen) atoms. The Bertz CT molecular complexity index is 1720. The predicted molar refractivity (Wildman–Crippen MR) is 199 cm³/mol. The van der Waals surface area contributed by atoms with Crippen molar-refractivity contribution in [1.82, 2.24) is 4.31 Å². The number of sulfonamides is 1. The second-order valence-corrected chi connectivity index (χ2v) is 16.2. The molecule has 1 N–H and O–H groups in total. The lowest BCUT2D eigenvalue weighted by atomic mass is 9.83. The molecule has 0 bridgehead atoms. The van der Waals surface area contributed by atoms with Crippen LogP contribution in [0.4, 0.5) is 5.69 Å². The molecule has 0 spiro atoms. The number of benzene rings is 3. The number of hydrogen-bond acceptors (Lipinski definition) is 10. The summed E-state index contributed by atoms with van der Waals surface area (Å²) in [6, 6.07) is 19.1. The summed E-state index contributed by atoms with van der Waals surface area (Å²) in [6.45, 7) is 8.15. The van der Waals surface area contributed by atoms with Gasteiger partial charge in [0.15, 0.2) is 0 Å². The third-order valence-electron chi connectivity index (χ3n) is 10.1. The highest BCUT2D eigenvalue weighted by atomic mass is 32.2. The van der Waals surface area contributed by atoms with E-state index in [1.165, 1.54) is 24.3 Å². The average Bonchev–Trinajstić information content (AvgIpc) is 3.97. The summed E-state index contributed by atoms with van der Waals surface area (Å²) < 4.78 is 65.7. The van der Waals surface area contributed by atoms with Crippen LogP contribution in [-0.4, -0.2) is 110 Å². The van der Waals surface area contributed by atoms with Crippen LogP contribution in [0, 0.1) is 19.8 Å². The Morgan fingerprint density at radius 3 is 2.40 bits per heavy atom. The quantitative estimate of drug-likeness (QED) is 0.177. The Labute approximate surface area is 308 Å². The number of fused-ring (bicyclic) bond motifs is 1. The lowest BCUT2D eigenvalue weighted by molar-refractivity contribution is -0.0998. The molecule has 3 aliphatic rings. The maximum absolute atomic E-state index is 14.2. The summed E-state index contributed by atoms with van der Waals surface area (Å²) in [5.41, 5.74) is 4.93. The lowest BCUT2D eigenvalue weighted by Crippen LogP contribution is -2.55. The van der Waals surface area contributed by atoms with Crippen molar-refractivity contribution in [3.05, 3.63) is 82.9 Å². The van der Waals surface area contributed by atoms with Gasteiger partial charge in [0.1, 0.15) is 24.2 Å². The third-order valence-corrected chi connectivity index (χ3v) is 11.9. The first-order chi connectivity index (χ1) is 25.2. The number of nitrogens with zero attached hydrogens (tertiary/aromatic N) is 2. The number of ether oxygens (including phenoxy) is 6. The van der Waals surface area contributed by atoms with Crippen LogP contribution in [0.1, 0.15) is 47.4 Å². The number of methoxy groups -OCH3 is 2. The molecular weight excluding hydrogens is 685 g/mol. The van der Waals surface area contributed by atoms with E-state index < -0.39 is 28.3 Å². The van der Waals surface area contributed by atoms with E-state index in [9.17, 15) is 13.5 Å². The molecule has 0 radical (unpaired) electrons. The summed E-state index contributed by atoms with van der Waals surface area (Å²) in [5.74, 6) is 1.93. The number of aliphatic hydroxyl groups is 1. The van der Waals surface area contributed by atoms with Gasteiger partial charge < -0.3 is 38.4 Å². The van der Waals surface area contributed by atoms with Gasteiger partial charge in [-0.05, 0) is 92.1 Å². The number of piperidine rings is 1. The minimum Gasteiger partial charge on any atom is -0.493 e. The van der Waals surface area contributed by atoms with Crippen molar-refractivity contribution in [3.63, 3.8) is 0 Å². The Morgan fingerprint density at radius 1 is 0.923 bits per heavy atom. The number of rotatable bonds is 18. The SMILES string of the molecule is COCCCN1CCOc2ccc(CO[C@H]3CN(S(=O)(=O)c4ccc(C)cc4)C[C@@H](OCC(O)COC)[C@@H]3c3ccc(OCC4CC4)cc3C)cc21. The van der Waals surface area contributed by atoms with E-state index in [1.807, 2.05) is 38.1 Å². The molecule has 11 nitrogen and oxygen atoms in total. The molecule has 2 fully saturated rings. The zero-order chi connectivity index (χ0) is 36.7. The van der Waals surface area contributed by atoms with Crippen LogP contribution in [-0.2, 0) is 35.6 Å². The minimum absolute atomic E-state index is 0.0223. The molecule has 4 atom stereocenters. The molecule has 0 aromatic heterocycles. The first-order valence-electron chi connectivity index (χ1n) is 18.4. The van der Waals surface area contributed by atoms with Gasteiger partial charge in [-0.2, -0.15) is 4.31 Å². The van der Waals surface area contributed by atoms with E-state index in [2.05, 4.69) is 17.0 Å². The first-order valence-corrected chi connectivity index (χ1v) is 19.8. The second-order valence-electron chi connectivity index (χ2n) is 14.2. The number of aliphatic hydroxyl groups excluding tert-OH is 1. The van der Waals surface area contributed by atoms with E-state index >= 15 is 0 Å². The van der Waals surface area contributed by atoms with E-state index in [0.29, 0.717) is 25.7 Å². The van der Waals surface area contributed by atoms with Gasteiger partial charge in [-0.3, -0.25) is 0 Å². The molecule has 1 saturated carbocycles. The Hall–Kier alpha value is -3.23. The van der Waals surface area contributed by atoms with Gasteiger partial charge in [0, 0.05) is 46.4 Å².